The second-order valence-electron chi connectivity index (χ2n) is 6.56. The molecular formula is C20H27ClN2O5. The second kappa shape index (κ2) is 10.7. The van der Waals surface area contributed by atoms with Crippen LogP contribution in [0.1, 0.15) is 25.8 Å². The number of carbonyl (C=O) groups excluding carboxylic acids is 3. The van der Waals surface area contributed by atoms with Gasteiger partial charge in [0.15, 0.2) is 0 Å². The minimum atomic E-state index is -0.867. The highest BCUT2D eigenvalue weighted by atomic mass is 35.5. The molecule has 2 atom stereocenters. The number of nitrogens with one attached hydrogen (secondary N) is 2. The van der Waals surface area contributed by atoms with Gasteiger partial charge in [-0.1, -0.05) is 31.2 Å². The molecule has 28 heavy (non-hydrogen) atoms. The summed E-state index contributed by atoms with van der Waals surface area (Å²) in [5.41, 5.74) is -0.123. The van der Waals surface area contributed by atoms with E-state index < -0.39 is 29.2 Å². The lowest BCUT2D eigenvalue weighted by Gasteiger charge is -2.27. The number of amides is 2. The Kier molecular flexibility index (Phi) is 8.99. The first-order chi connectivity index (χ1) is 13.2. The van der Waals surface area contributed by atoms with Crippen molar-refractivity contribution in [3.8, 4) is 5.75 Å². The molecule has 0 aliphatic rings. The second-order valence-corrected chi connectivity index (χ2v) is 6.97. The van der Waals surface area contributed by atoms with Crippen LogP contribution >= 0.6 is 11.6 Å². The third-order valence-electron chi connectivity index (χ3n) is 4.59. The predicted octanol–water partition coefficient (Wildman–Crippen LogP) is 2.27. The van der Waals surface area contributed by atoms with Crippen molar-refractivity contribution in [1.29, 1.82) is 0 Å². The minimum absolute atomic E-state index is 0.0822. The summed E-state index contributed by atoms with van der Waals surface area (Å²) in [6.07, 6.45) is 1.78. The van der Waals surface area contributed by atoms with Crippen molar-refractivity contribution in [3.05, 3.63) is 41.4 Å². The quantitative estimate of drug-likeness (QED) is 0.456. The summed E-state index contributed by atoms with van der Waals surface area (Å²) in [5, 5.41) is 5.73. The largest absolute Gasteiger partial charge is 0.495 e. The van der Waals surface area contributed by atoms with E-state index in [1.54, 1.807) is 25.1 Å². The molecule has 154 valence electrons. The first-order valence-corrected chi connectivity index (χ1v) is 9.20. The Hall–Kier alpha value is -2.54. The summed E-state index contributed by atoms with van der Waals surface area (Å²) in [5.74, 6) is -0.807. The van der Waals surface area contributed by atoms with Gasteiger partial charge in [0, 0.05) is 13.0 Å². The maximum atomic E-state index is 12.7. The predicted molar refractivity (Wildman–Crippen MR) is 107 cm³/mol. The molecule has 1 rings (SSSR count). The van der Waals surface area contributed by atoms with Gasteiger partial charge in [-0.25, -0.2) is 0 Å². The van der Waals surface area contributed by atoms with Crippen LogP contribution in [0.5, 0.6) is 5.75 Å². The minimum Gasteiger partial charge on any atom is -0.495 e. The van der Waals surface area contributed by atoms with E-state index in [0.29, 0.717) is 17.2 Å². The monoisotopic (exact) mass is 410 g/mol. The van der Waals surface area contributed by atoms with Crippen molar-refractivity contribution < 1.29 is 23.9 Å². The maximum absolute atomic E-state index is 12.7. The molecule has 0 bridgehead atoms. The molecule has 7 nitrogen and oxygen atoms in total. The fourth-order valence-electron chi connectivity index (χ4n) is 2.51. The normalized spacial score (nSPS) is 13.6. The van der Waals surface area contributed by atoms with Crippen LogP contribution in [0, 0.1) is 5.41 Å². The highest BCUT2D eigenvalue weighted by Crippen LogP contribution is 2.25. The summed E-state index contributed by atoms with van der Waals surface area (Å²) in [4.78, 5) is 36.5. The lowest BCUT2D eigenvalue weighted by molar-refractivity contribution is -0.152. The molecule has 0 fully saturated rings. The number of benzene rings is 1. The Labute approximate surface area is 170 Å². The fourth-order valence-corrected chi connectivity index (χ4v) is 2.79. The number of hydrogen-bond acceptors (Lipinski definition) is 5. The first-order valence-electron chi connectivity index (χ1n) is 8.82. The van der Waals surface area contributed by atoms with Gasteiger partial charge in [0.05, 0.1) is 24.7 Å². The Morgan fingerprint density at radius 2 is 2.00 bits per heavy atom. The molecule has 0 radical (unpaired) electrons. The molecule has 0 saturated heterocycles. The fraction of sp³-hybridized carbons (Fsp3) is 0.450. The van der Waals surface area contributed by atoms with Crippen LogP contribution in [-0.2, 0) is 25.5 Å². The van der Waals surface area contributed by atoms with Gasteiger partial charge in [0.1, 0.15) is 11.8 Å². The van der Waals surface area contributed by atoms with E-state index in [1.165, 1.54) is 14.2 Å². The van der Waals surface area contributed by atoms with Crippen LogP contribution in [0.4, 0.5) is 0 Å². The van der Waals surface area contributed by atoms with Gasteiger partial charge in [0.25, 0.3) is 0 Å². The summed E-state index contributed by atoms with van der Waals surface area (Å²) in [6.45, 7) is 7.03. The van der Waals surface area contributed by atoms with Crippen molar-refractivity contribution >= 4 is 29.4 Å². The van der Waals surface area contributed by atoms with Gasteiger partial charge in [-0.2, -0.15) is 0 Å². The van der Waals surface area contributed by atoms with Gasteiger partial charge >= 0.3 is 5.97 Å². The zero-order chi connectivity index (χ0) is 21.3. The van der Waals surface area contributed by atoms with E-state index in [1.807, 2.05) is 6.92 Å². The molecule has 1 unspecified atom stereocenters. The van der Waals surface area contributed by atoms with E-state index in [2.05, 4.69) is 17.2 Å². The molecule has 0 saturated carbocycles. The average Bonchev–Trinajstić information content (AvgIpc) is 2.70. The molecular weight excluding hydrogens is 384 g/mol. The standard InChI is InChI=1S/C20H27ClN2O5/c1-6-17(24)23-15(11-13-8-9-16(27-4)14(21)10-13)18(25)22-12-20(3,7-2)19(26)28-5/h6,8-10,15H,1,7,11-12H2,2-5H3,(H,22,25)(H,23,24)/t15-,20?/m1/s1. The van der Waals surface area contributed by atoms with E-state index in [9.17, 15) is 14.4 Å². The van der Waals surface area contributed by atoms with E-state index >= 15 is 0 Å². The summed E-state index contributed by atoms with van der Waals surface area (Å²) >= 11 is 6.14. The topological polar surface area (TPSA) is 93.7 Å². The molecule has 0 aromatic heterocycles. The third-order valence-corrected chi connectivity index (χ3v) is 4.88. The van der Waals surface area contributed by atoms with Crippen LogP contribution in [0.2, 0.25) is 5.02 Å². The zero-order valence-corrected chi connectivity index (χ0v) is 17.4. The van der Waals surface area contributed by atoms with E-state index in [4.69, 9.17) is 21.1 Å². The number of methoxy groups -OCH3 is 2. The Morgan fingerprint density at radius 1 is 1.32 bits per heavy atom. The third kappa shape index (κ3) is 6.27. The van der Waals surface area contributed by atoms with Gasteiger partial charge in [0.2, 0.25) is 11.8 Å². The van der Waals surface area contributed by atoms with Gasteiger partial charge in [-0.3, -0.25) is 14.4 Å². The number of hydrogen-bond donors (Lipinski definition) is 2. The number of carbonyl (C=O) groups is 3. The zero-order valence-electron chi connectivity index (χ0n) is 16.6. The summed E-state index contributed by atoms with van der Waals surface area (Å²) < 4.78 is 9.93. The molecule has 1 aromatic rings. The smallest absolute Gasteiger partial charge is 0.313 e. The number of rotatable bonds is 10. The van der Waals surface area contributed by atoms with Crippen molar-refractivity contribution in [2.24, 2.45) is 5.41 Å². The van der Waals surface area contributed by atoms with Crippen LogP contribution in [0.3, 0.4) is 0 Å². The Morgan fingerprint density at radius 3 is 2.50 bits per heavy atom. The molecule has 0 aliphatic carbocycles. The van der Waals surface area contributed by atoms with Crippen LogP contribution in [0.15, 0.2) is 30.9 Å². The van der Waals surface area contributed by atoms with Gasteiger partial charge in [-0.05, 0) is 37.1 Å². The molecule has 1 aromatic carbocycles. The molecule has 8 heteroatoms. The van der Waals surface area contributed by atoms with Crippen LogP contribution in [-0.4, -0.2) is 44.6 Å². The molecule has 0 heterocycles. The van der Waals surface area contributed by atoms with E-state index in [-0.39, 0.29) is 13.0 Å². The van der Waals surface area contributed by atoms with Crippen molar-refractivity contribution in [1.82, 2.24) is 10.6 Å². The number of ether oxygens (including phenoxy) is 2. The molecule has 0 aliphatic heterocycles. The Bertz CT molecular complexity index is 737. The summed E-state index contributed by atoms with van der Waals surface area (Å²) in [6, 6.07) is 4.25. The average molecular weight is 411 g/mol. The van der Waals surface area contributed by atoms with Crippen molar-refractivity contribution in [2.45, 2.75) is 32.7 Å². The van der Waals surface area contributed by atoms with Crippen molar-refractivity contribution in [2.75, 3.05) is 20.8 Å². The van der Waals surface area contributed by atoms with Crippen LogP contribution in [0.25, 0.3) is 0 Å². The molecule has 2 amide bonds. The lowest BCUT2D eigenvalue weighted by Crippen LogP contribution is -2.51. The van der Waals surface area contributed by atoms with E-state index in [0.717, 1.165) is 11.6 Å². The maximum Gasteiger partial charge on any atom is 0.313 e. The molecule has 0 spiro atoms. The van der Waals surface area contributed by atoms with Gasteiger partial charge < -0.3 is 20.1 Å². The highest BCUT2D eigenvalue weighted by molar-refractivity contribution is 6.32. The van der Waals surface area contributed by atoms with Gasteiger partial charge in [-0.15, -0.1) is 0 Å². The SMILES string of the molecule is C=CC(=O)N[C@H](Cc1ccc(OC)c(Cl)c1)C(=O)NCC(C)(CC)C(=O)OC. The summed E-state index contributed by atoms with van der Waals surface area (Å²) in [7, 11) is 2.81. The lowest BCUT2D eigenvalue weighted by atomic mass is 9.87. The van der Waals surface area contributed by atoms with Crippen LogP contribution < -0.4 is 15.4 Å². The van der Waals surface area contributed by atoms with Crippen molar-refractivity contribution in [3.63, 3.8) is 0 Å². The molecule has 2 N–H and O–H groups in total. The first kappa shape index (κ1) is 23.5. The highest BCUT2D eigenvalue weighted by Gasteiger charge is 2.34. The Balaban J connectivity index is 2.95. The number of halogens is 1. The number of esters is 1.